The first-order chi connectivity index (χ1) is 9.22. The summed E-state index contributed by atoms with van der Waals surface area (Å²) in [6, 6.07) is 6.76. The quantitative estimate of drug-likeness (QED) is 0.798. The molecule has 7 heteroatoms. The lowest BCUT2D eigenvalue weighted by Gasteiger charge is -1.96. The van der Waals surface area contributed by atoms with Gasteiger partial charge in [0.2, 0.25) is 0 Å². The maximum absolute atomic E-state index is 10.9. The second-order valence-electron chi connectivity index (χ2n) is 3.81. The van der Waals surface area contributed by atoms with Crippen LogP contribution < -0.4 is 5.73 Å². The fourth-order valence-corrected chi connectivity index (χ4v) is 3.21. The first-order valence-corrected chi connectivity index (χ1v) is 7.21. The Morgan fingerprint density at radius 1 is 1.47 bits per heavy atom. The molecule has 0 fully saturated rings. The van der Waals surface area contributed by atoms with E-state index in [4.69, 9.17) is 5.73 Å². The van der Waals surface area contributed by atoms with E-state index >= 15 is 0 Å². The number of nitrogens with zero attached hydrogens (tertiary/aromatic N) is 3. The standard InChI is InChI=1S/C12H9N4OS2/c13-11(17)9-3-4-16(15-9)6-8-7-19-12(14-8)10-2-1-5-18-10/h1-2,4-5,7H,6H2,(H2,13,17). The SMILES string of the molecule is NC(=O)c1[c]cn(Cc2csc(-c3cccs3)n2)n1. The van der Waals surface area contributed by atoms with Crippen LogP contribution in [0.1, 0.15) is 16.2 Å². The Morgan fingerprint density at radius 2 is 2.37 bits per heavy atom. The van der Waals surface area contributed by atoms with Crippen LogP contribution >= 0.6 is 22.7 Å². The van der Waals surface area contributed by atoms with E-state index in [0.717, 1.165) is 15.6 Å². The van der Waals surface area contributed by atoms with Crippen LogP contribution in [-0.2, 0) is 6.54 Å². The van der Waals surface area contributed by atoms with E-state index in [2.05, 4.69) is 16.1 Å². The number of nitrogens with two attached hydrogens (primary N) is 1. The van der Waals surface area contributed by atoms with Crippen molar-refractivity contribution in [2.75, 3.05) is 0 Å². The molecule has 0 bridgehead atoms. The molecular weight excluding hydrogens is 280 g/mol. The molecule has 2 N–H and O–H groups in total. The lowest BCUT2D eigenvalue weighted by atomic mass is 10.4. The van der Waals surface area contributed by atoms with Gasteiger partial charge in [-0.1, -0.05) is 6.07 Å². The molecule has 3 rings (SSSR count). The molecule has 3 heterocycles. The minimum absolute atomic E-state index is 0.147. The van der Waals surface area contributed by atoms with Gasteiger partial charge in [-0.25, -0.2) is 4.98 Å². The number of hydrogen-bond acceptors (Lipinski definition) is 5. The molecule has 3 aromatic rings. The fraction of sp³-hybridized carbons (Fsp3) is 0.0833. The molecule has 0 saturated carbocycles. The van der Waals surface area contributed by atoms with Gasteiger partial charge in [0.05, 0.1) is 17.1 Å². The number of thiazole rings is 1. The maximum Gasteiger partial charge on any atom is 0.269 e. The largest absolute Gasteiger partial charge is 0.364 e. The van der Waals surface area contributed by atoms with E-state index in [0.29, 0.717) is 6.54 Å². The van der Waals surface area contributed by atoms with Gasteiger partial charge in [0.15, 0.2) is 5.69 Å². The van der Waals surface area contributed by atoms with Crippen molar-refractivity contribution in [1.82, 2.24) is 14.8 Å². The van der Waals surface area contributed by atoms with Crippen LogP contribution in [0.5, 0.6) is 0 Å². The molecule has 19 heavy (non-hydrogen) atoms. The van der Waals surface area contributed by atoms with E-state index in [-0.39, 0.29) is 5.69 Å². The molecule has 5 nitrogen and oxygen atoms in total. The molecule has 0 atom stereocenters. The monoisotopic (exact) mass is 289 g/mol. The van der Waals surface area contributed by atoms with Gasteiger partial charge in [-0.3, -0.25) is 9.48 Å². The van der Waals surface area contributed by atoms with Crippen LogP contribution in [-0.4, -0.2) is 20.7 Å². The number of hydrogen-bond donors (Lipinski definition) is 1. The highest BCUT2D eigenvalue weighted by atomic mass is 32.1. The lowest BCUT2D eigenvalue weighted by molar-refractivity contribution is 0.0994. The highest BCUT2D eigenvalue weighted by Gasteiger charge is 2.08. The van der Waals surface area contributed by atoms with Crippen molar-refractivity contribution < 1.29 is 4.79 Å². The summed E-state index contributed by atoms with van der Waals surface area (Å²) >= 11 is 3.26. The summed E-state index contributed by atoms with van der Waals surface area (Å²) in [6.07, 6.45) is 1.60. The van der Waals surface area contributed by atoms with Crippen molar-refractivity contribution in [3.05, 3.63) is 46.5 Å². The van der Waals surface area contributed by atoms with E-state index in [1.165, 1.54) is 0 Å². The zero-order valence-electron chi connectivity index (χ0n) is 9.74. The third-order valence-electron chi connectivity index (χ3n) is 2.42. The summed E-state index contributed by atoms with van der Waals surface area (Å²) in [6.45, 7) is 0.506. The van der Waals surface area contributed by atoms with Gasteiger partial charge in [-0.2, -0.15) is 5.10 Å². The van der Waals surface area contributed by atoms with Gasteiger partial charge < -0.3 is 5.73 Å². The third kappa shape index (κ3) is 2.56. The molecule has 0 spiro atoms. The van der Waals surface area contributed by atoms with Gasteiger partial charge in [0.25, 0.3) is 5.91 Å². The molecule has 0 aliphatic carbocycles. The van der Waals surface area contributed by atoms with Gasteiger partial charge in [0.1, 0.15) is 5.01 Å². The van der Waals surface area contributed by atoms with Crippen LogP contribution in [0.3, 0.4) is 0 Å². The average Bonchev–Trinajstić information content (AvgIpc) is 3.09. The molecule has 95 valence electrons. The van der Waals surface area contributed by atoms with Gasteiger partial charge in [-0.15, -0.1) is 22.7 Å². The Morgan fingerprint density at radius 3 is 3.05 bits per heavy atom. The smallest absolute Gasteiger partial charge is 0.269 e. The Balaban J connectivity index is 1.78. The number of rotatable bonds is 4. The van der Waals surface area contributed by atoms with Crippen LogP contribution in [0, 0.1) is 6.07 Å². The number of carbonyl (C=O) groups is 1. The lowest BCUT2D eigenvalue weighted by Crippen LogP contribution is -2.12. The molecule has 0 aliphatic heterocycles. The molecule has 0 aromatic carbocycles. The second kappa shape index (κ2) is 4.94. The maximum atomic E-state index is 10.9. The van der Waals surface area contributed by atoms with Crippen LogP contribution in [0.2, 0.25) is 0 Å². The Labute approximate surface area is 117 Å². The highest BCUT2D eigenvalue weighted by Crippen LogP contribution is 2.27. The molecule has 0 aliphatic rings. The predicted molar refractivity (Wildman–Crippen MR) is 74.1 cm³/mol. The molecule has 1 radical (unpaired) electrons. The second-order valence-corrected chi connectivity index (χ2v) is 5.61. The molecule has 0 saturated heterocycles. The topological polar surface area (TPSA) is 73.8 Å². The predicted octanol–water partition coefficient (Wildman–Crippen LogP) is 2.02. The highest BCUT2D eigenvalue weighted by molar-refractivity contribution is 7.20. The van der Waals surface area contributed by atoms with Crippen LogP contribution in [0.4, 0.5) is 0 Å². The van der Waals surface area contributed by atoms with Crippen LogP contribution in [0.25, 0.3) is 9.88 Å². The number of aromatic nitrogens is 3. The minimum atomic E-state index is -0.573. The van der Waals surface area contributed by atoms with Crippen molar-refractivity contribution in [2.45, 2.75) is 6.54 Å². The average molecular weight is 289 g/mol. The van der Waals surface area contributed by atoms with Gasteiger partial charge in [-0.05, 0) is 11.4 Å². The molecule has 1 amide bonds. The number of thiophene rings is 1. The Hall–Kier alpha value is -1.99. The number of amides is 1. The van der Waals surface area contributed by atoms with Crippen molar-refractivity contribution in [3.63, 3.8) is 0 Å². The summed E-state index contributed by atoms with van der Waals surface area (Å²) in [5.74, 6) is -0.573. The fourth-order valence-electron chi connectivity index (χ4n) is 1.58. The van der Waals surface area contributed by atoms with Crippen LogP contribution in [0.15, 0.2) is 29.1 Å². The van der Waals surface area contributed by atoms with Gasteiger partial charge >= 0.3 is 0 Å². The van der Waals surface area contributed by atoms with Crippen molar-refractivity contribution >= 4 is 28.6 Å². The van der Waals surface area contributed by atoms with Gasteiger partial charge in [0, 0.05) is 17.6 Å². The summed E-state index contributed by atoms with van der Waals surface area (Å²) in [5, 5.41) is 9.04. The molecular formula is C12H9N4OS2. The van der Waals surface area contributed by atoms with E-state index in [1.807, 2.05) is 22.9 Å². The van der Waals surface area contributed by atoms with E-state index < -0.39 is 5.91 Å². The summed E-state index contributed by atoms with van der Waals surface area (Å²) in [5.41, 5.74) is 6.18. The van der Waals surface area contributed by atoms with Crippen molar-refractivity contribution in [1.29, 1.82) is 0 Å². The summed E-state index contributed by atoms with van der Waals surface area (Å²) in [7, 11) is 0. The van der Waals surface area contributed by atoms with E-state index in [1.54, 1.807) is 33.6 Å². The summed E-state index contributed by atoms with van der Waals surface area (Å²) in [4.78, 5) is 16.6. The van der Waals surface area contributed by atoms with Crippen molar-refractivity contribution in [3.8, 4) is 9.88 Å². The normalized spacial score (nSPS) is 10.7. The first kappa shape index (κ1) is 12.1. The minimum Gasteiger partial charge on any atom is -0.364 e. The zero-order valence-corrected chi connectivity index (χ0v) is 11.4. The third-order valence-corrected chi connectivity index (χ3v) is 4.35. The Kier molecular flexibility index (Phi) is 3.14. The molecule has 0 unspecified atom stereocenters. The summed E-state index contributed by atoms with van der Waals surface area (Å²) < 4.78 is 1.60. The molecule has 3 aromatic heterocycles. The Bertz CT molecular complexity index is 699. The number of primary amides is 1. The van der Waals surface area contributed by atoms with Crippen molar-refractivity contribution in [2.24, 2.45) is 5.73 Å². The first-order valence-electron chi connectivity index (χ1n) is 5.45. The number of carbonyl (C=O) groups excluding carboxylic acids is 1. The van der Waals surface area contributed by atoms with E-state index in [9.17, 15) is 4.79 Å². The zero-order chi connectivity index (χ0) is 13.2.